The van der Waals surface area contributed by atoms with Crippen molar-refractivity contribution in [2.24, 2.45) is 5.92 Å². The third-order valence-electron chi connectivity index (χ3n) is 5.29. The number of aliphatic carboxylic acids is 1. The summed E-state index contributed by atoms with van der Waals surface area (Å²) in [5, 5.41) is 9.35. The van der Waals surface area contributed by atoms with Gasteiger partial charge in [0.05, 0.1) is 0 Å². The van der Waals surface area contributed by atoms with Gasteiger partial charge in [0.25, 0.3) is 0 Å². The van der Waals surface area contributed by atoms with Gasteiger partial charge < -0.3 is 14.9 Å². The van der Waals surface area contributed by atoms with Crippen LogP contribution in [-0.4, -0.2) is 76.6 Å². The van der Waals surface area contributed by atoms with Crippen molar-refractivity contribution in [2.75, 3.05) is 32.7 Å². The maximum absolute atomic E-state index is 12.6. The van der Waals surface area contributed by atoms with Gasteiger partial charge in [-0.25, -0.2) is 9.59 Å². The van der Waals surface area contributed by atoms with Crippen LogP contribution < -0.4 is 0 Å². The lowest BCUT2D eigenvalue weighted by Crippen LogP contribution is -2.49. The number of hydrogen-bond donors (Lipinski definition) is 1. The fourth-order valence-electron chi connectivity index (χ4n) is 4.04. The third kappa shape index (κ3) is 2.73. The summed E-state index contributed by atoms with van der Waals surface area (Å²) in [6, 6.07) is -0.253. The van der Waals surface area contributed by atoms with Crippen molar-refractivity contribution in [1.82, 2.24) is 14.7 Å². The van der Waals surface area contributed by atoms with E-state index in [4.69, 9.17) is 0 Å². The highest BCUT2D eigenvalue weighted by Crippen LogP contribution is 2.27. The van der Waals surface area contributed by atoms with Crippen molar-refractivity contribution in [3.63, 3.8) is 0 Å². The summed E-state index contributed by atoms with van der Waals surface area (Å²) in [5.74, 6) is -0.827. The molecule has 118 valence electrons. The molecule has 0 aromatic heterocycles. The van der Waals surface area contributed by atoms with Gasteiger partial charge in [-0.15, -0.1) is 0 Å². The number of amides is 2. The fraction of sp³-hybridized carbons (Fsp3) is 0.867. The summed E-state index contributed by atoms with van der Waals surface area (Å²) in [6.07, 6.45) is 4.32. The largest absolute Gasteiger partial charge is 0.480 e. The standard InChI is InChI=1S/C15H25N3O3/c1-11-4-9-18(13(11)14(19)20)15(21)17-8-5-12(10-17)16-6-2-3-7-16/h11-13H,2-10H2,1H3,(H,19,20). The molecule has 3 aliphatic rings. The highest BCUT2D eigenvalue weighted by atomic mass is 16.4. The van der Waals surface area contributed by atoms with Crippen molar-refractivity contribution in [3.8, 4) is 0 Å². The van der Waals surface area contributed by atoms with Gasteiger partial charge in [0.15, 0.2) is 0 Å². The third-order valence-corrected chi connectivity index (χ3v) is 5.29. The summed E-state index contributed by atoms with van der Waals surface area (Å²) in [5.41, 5.74) is 0. The van der Waals surface area contributed by atoms with Crippen LogP contribution in [0.15, 0.2) is 0 Å². The Kier molecular flexibility index (Phi) is 4.06. The molecule has 3 atom stereocenters. The number of urea groups is 1. The molecule has 2 amide bonds. The van der Waals surface area contributed by atoms with E-state index >= 15 is 0 Å². The number of carboxylic acids is 1. The summed E-state index contributed by atoms with van der Waals surface area (Å²) in [4.78, 5) is 29.9. The van der Waals surface area contributed by atoms with Crippen LogP contribution in [0.2, 0.25) is 0 Å². The van der Waals surface area contributed by atoms with Gasteiger partial charge in [-0.2, -0.15) is 0 Å². The Morgan fingerprint density at radius 2 is 1.76 bits per heavy atom. The second-order valence-electron chi connectivity index (χ2n) is 6.66. The van der Waals surface area contributed by atoms with E-state index in [1.54, 1.807) is 4.90 Å². The zero-order chi connectivity index (χ0) is 15.0. The lowest BCUT2D eigenvalue weighted by molar-refractivity contribution is -0.142. The molecule has 0 saturated carbocycles. The molecule has 3 rings (SSSR count). The van der Waals surface area contributed by atoms with Gasteiger partial charge in [-0.3, -0.25) is 4.90 Å². The minimum atomic E-state index is -0.872. The molecule has 3 aliphatic heterocycles. The molecule has 1 N–H and O–H groups in total. The minimum Gasteiger partial charge on any atom is -0.480 e. The number of hydrogen-bond acceptors (Lipinski definition) is 3. The first kappa shape index (κ1) is 14.6. The first-order valence-corrected chi connectivity index (χ1v) is 8.10. The van der Waals surface area contributed by atoms with E-state index in [-0.39, 0.29) is 11.9 Å². The normalized spacial score (nSPS) is 33.9. The van der Waals surface area contributed by atoms with Crippen molar-refractivity contribution in [3.05, 3.63) is 0 Å². The summed E-state index contributed by atoms with van der Waals surface area (Å²) in [7, 11) is 0. The van der Waals surface area contributed by atoms with Crippen LogP contribution in [-0.2, 0) is 4.79 Å². The second-order valence-corrected chi connectivity index (χ2v) is 6.66. The predicted octanol–water partition coefficient (Wildman–Crippen LogP) is 1.07. The number of carbonyl (C=O) groups excluding carboxylic acids is 1. The molecule has 3 saturated heterocycles. The van der Waals surface area contributed by atoms with Crippen LogP contribution in [0, 0.1) is 5.92 Å². The maximum Gasteiger partial charge on any atom is 0.326 e. The zero-order valence-electron chi connectivity index (χ0n) is 12.7. The molecular formula is C15H25N3O3. The Hall–Kier alpha value is -1.30. The number of rotatable bonds is 2. The Morgan fingerprint density at radius 1 is 1.05 bits per heavy atom. The molecule has 6 heteroatoms. The van der Waals surface area contributed by atoms with E-state index in [1.807, 2.05) is 11.8 Å². The van der Waals surface area contributed by atoms with E-state index in [9.17, 15) is 14.7 Å². The predicted molar refractivity (Wildman–Crippen MR) is 78.1 cm³/mol. The first-order chi connectivity index (χ1) is 10.1. The molecule has 3 heterocycles. The van der Waals surface area contributed by atoms with Crippen LogP contribution in [0.1, 0.15) is 32.6 Å². The average molecular weight is 295 g/mol. The number of carboxylic acid groups (broad SMARTS) is 1. The monoisotopic (exact) mass is 295 g/mol. The van der Waals surface area contributed by atoms with E-state index in [1.165, 1.54) is 12.8 Å². The van der Waals surface area contributed by atoms with Crippen LogP contribution in [0.3, 0.4) is 0 Å². The molecule has 6 nitrogen and oxygen atoms in total. The van der Waals surface area contributed by atoms with E-state index in [2.05, 4.69) is 4.90 Å². The highest BCUT2D eigenvalue weighted by molar-refractivity contribution is 5.83. The van der Waals surface area contributed by atoms with Crippen LogP contribution in [0.25, 0.3) is 0 Å². The van der Waals surface area contributed by atoms with Crippen LogP contribution in [0.5, 0.6) is 0 Å². The lowest BCUT2D eigenvalue weighted by Gasteiger charge is -2.29. The molecule has 0 aliphatic carbocycles. The molecule has 3 fully saturated rings. The average Bonchev–Trinajstić information content (AvgIpc) is 3.17. The van der Waals surface area contributed by atoms with Crippen molar-refractivity contribution < 1.29 is 14.7 Å². The van der Waals surface area contributed by atoms with E-state index in [0.717, 1.165) is 39.0 Å². The quantitative estimate of drug-likeness (QED) is 0.828. The Bertz CT molecular complexity index is 422. The first-order valence-electron chi connectivity index (χ1n) is 8.10. The Morgan fingerprint density at radius 3 is 2.43 bits per heavy atom. The van der Waals surface area contributed by atoms with Gasteiger partial charge in [0.1, 0.15) is 6.04 Å². The van der Waals surface area contributed by atoms with E-state index in [0.29, 0.717) is 12.6 Å². The molecule has 0 radical (unpaired) electrons. The Balaban J connectivity index is 1.62. The van der Waals surface area contributed by atoms with Crippen molar-refractivity contribution >= 4 is 12.0 Å². The van der Waals surface area contributed by atoms with Gasteiger partial charge in [0.2, 0.25) is 0 Å². The van der Waals surface area contributed by atoms with Crippen LogP contribution >= 0.6 is 0 Å². The topological polar surface area (TPSA) is 64.1 Å². The minimum absolute atomic E-state index is 0.0448. The molecule has 0 spiro atoms. The van der Waals surface area contributed by atoms with Gasteiger partial charge in [0, 0.05) is 25.7 Å². The van der Waals surface area contributed by atoms with Gasteiger partial charge in [-0.05, 0) is 44.7 Å². The van der Waals surface area contributed by atoms with Crippen molar-refractivity contribution in [2.45, 2.75) is 44.7 Å². The summed E-state index contributed by atoms with van der Waals surface area (Å²) >= 11 is 0. The van der Waals surface area contributed by atoms with Crippen LogP contribution in [0.4, 0.5) is 4.79 Å². The summed E-state index contributed by atoms with van der Waals surface area (Å²) in [6.45, 7) is 6.30. The zero-order valence-corrected chi connectivity index (χ0v) is 12.7. The lowest BCUT2D eigenvalue weighted by atomic mass is 10.0. The SMILES string of the molecule is CC1CCN(C(=O)N2CCC(N3CCCC3)C2)C1C(=O)O. The van der Waals surface area contributed by atoms with Gasteiger partial charge >= 0.3 is 12.0 Å². The number of likely N-dealkylation sites (tertiary alicyclic amines) is 3. The summed E-state index contributed by atoms with van der Waals surface area (Å²) < 4.78 is 0. The molecule has 21 heavy (non-hydrogen) atoms. The fourth-order valence-corrected chi connectivity index (χ4v) is 4.04. The Labute approximate surface area is 125 Å². The van der Waals surface area contributed by atoms with E-state index < -0.39 is 12.0 Å². The molecule has 0 aromatic carbocycles. The smallest absolute Gasteiger partial charge is 0.326 e. The molecule has 0 bridgehead atoms. The molecular weight excluding hydrogens is 270 g/mol. The maximum atomic E-state index is 12.6. The highest BCUT2D eigenvalue weighted by Gasteiger charge is 2.42. The number of carbonyl (C=O) groups is 2. The second kappa shape index (κ2) is 5.83. The van der Waals surface area contributed by atoms with Gasteiger partial charge in [-0.1, -0.05) is 6.92 Å². The molecule has 0 aromatic rings. The van der Waals surface area contributed by atoms with Crippen molar-refractivity contribution in [1.29, 1.82) is 0 Å². The molecule has 3 unspecified atom stereocenters. The number of nitrogens with zero attached hydrogens (tertiary/aromatic N) is 3.